The molecule has 0 spiro atoms. The summed E-state index contributed by atoms with van der Waals surface area (Å²) in [6.07, 6.45) is 0. The second kappa shape index (κ2) is 6.91. The van der Waals surface area contributed by atoms with Gasteiger partial charge in [-0.15, -0.1) is 12.4 Å². The van der Waals surface area contributed by atoms with Gasteiger partial charge in [0.05, 0.1) is 11.2 Å². The minimum atomic E-state index is 0. The first-order chi connectivity index (χ1) is 11.6. The van der Waals surface area contributed by atoms with Crippen LogP contribution in [0.4, 0.5) is 0 Å². The molecule has 0 unspecified atom stereocenters. The monoisotopic (exact) mass is 369 g/mol. The van der Waals surface area contributed by atoms with Gasteiger partial charge in [-0.25, -0.2) is 4.98 Å². The summed E-state index contributed by atoms with van der Waals surface area (Å²) in [5.41, 5.74) is 5.14. The highest BCUT2D eigenvalue weighted by atomic mass is 35.5. The van der Waals surface area contributed by atoms with Crippen molar-refractivity contribution in [3.63, 3.8) is 0 Å². The van der Waals surface area contributed by atoms with Gasteiger partial charge in [-0.3, -0.25) is 0 Å². The Hall–Kier alpha value is -2.29. The summed E-state index contributed by atoms with van der Waals surface area (Å²) in [5.74, 6) is 1.77. The molecule has 0 fully saturated rings. The zero-order valence-electron chi connectivity index (χ0n) is 13.9. The molecule has 0 N–H and O–H groups in total. The highest BCUT2D eigenvalue weighted by Gasteiger charge is 2.13. The number of nitrogens with zero attached hydrogens (tertiary/aromatic N) is 1. The first-order valence-electron chi connectivity index (χ1n) is 7.85. The average molecular weight is 370 g/mol. The van der Waals surface area contributed by atoms with E-state index in [0.717, 1.165) is 44.8 Å². The van der Waals surface area contributed by atoms with Crippen molar-refractivity contribution in [3.8, 4) is 22.4 Å². The zero-order chi connectivity index (χ0) is 16.7. The van der Waals surface area contributed by atoms with Crippen molar-refractivity contribution in [2.45, 2.75) is 13.8 Å². The number of hydrogen-bond acceptors (Lipinski definition) is 2. The van der Waals surface area contributed by atoms with Crippen molar-refractivity contribution in [3.05, 3.63) is 77.2 Å². The fraction of sp³-hybridized carbons (Fsp3) is 0.0952. The summed E-state index contributed by atoms with van der Waals surface area (Å²) in [5, 5.41) is 1.76. The zero-order valence-corrected chi connectivity index (χ0v) is 15.5. The van der Waals surface area contributed by atoms with Gasteiger partial charge in [0.15, 0.2) is 0 Å². The lowest BCUT2D eigenvalue weighted by Gasteiger charge is -2.10. The molecule has 0 aliphatic carbocycles. The summed E-state index contributed by atoms with van der Waals surface area (Å²) in [4.78, 5) is 4.83. The smallest absolute Gasteiger partial charge is 0.110 e. The van der Waals surface area contributed by atoms with E-state index >= 15 is 0 Å². The van der Waals surface area contributed by atoms with E-state index in [-0.39, 0.29) is 12.4 Å². The molecule has 0 saturated heterocycles. The number of furan rings is 1. The lowest BCUT2D eigenvalue weighted by Crippen LogP contribution is -1.90. The van der Waals surface area contributed by atoms with Crippen molar-refractivity contribution >= 4 is 34.9 Å². The van der Waals surface area contributed by atoms with Crippen LogP contribution in [0.25, 0.3) is 33.3 Å². The molecule has 4 aromatic rings. The van der Waals surface area contributed by atoms with E-state index in [2.05, 4.69) is 18.2 Å². The van der Waals surface area contributed by atoms with Crippen LogP contribution in [0, 0.1) is 13.8 Å². The van der Waals surface area contributed by atoms with Crippen LogP contribution in [-0.2, 0) is 0 Å². The molecule has 126 valence electrons. The van der Waals surface area contributed by atoms with Crippen molar-refractivity contribution in [1.29, 1.82) is 0 Å². The number of aryl methyl sites for hydroxylation is 2. The maximum atomic E-state index is 6.22. The molecular weight excluding hydrogens is 353 g/mol. The number of pyridine rings is 1. The van der Waals surface area contributed by atoms with E-state index in [1.807, 2.05) is 56.3 Å². The SMILES string of the molecule is Cc1cc(-c2cc(-c3ccccc3)c3cc(Cl)ccc3n2)c(C)o1.Cl. The Morgan fingerprint density at radius 2 is 1.64 bits per heavy atom. The fourth-order valence-electron chi connectivity index (χ4n) is 3.08. The highest BCUT2D eigenvalue weighted by molar-refractivity contribution is 6.31. The molecule has 4 heteroatoms. The van der Waals surface area contributed by atoms with Gasteiger partial charge in [0.25, 0.3) is 0 Å². The molecular formula is C21H17Cl2NO. The fourth-order valence-corrected chi connectivity index (χ4v) is 3.25. The number of hydrogen-bond donors (Lipinski definition) is 0. The maximum absolute atomic E-state index is 6.22. The van der Waals surface area contributed by atoms with Crippen molar-refractivity contribution < 1.29 is 4.42 Å². The van der Waals surface area contributed by atoms with E-state index < -0.39 is 0 Å². The second-order valence-electron chi connectivity index (χ2n) is 5.91. The van der Waals surface area contributed by atoms with Crippen LogP contribution in [0.15, 0.2) is 65.1 Å². The quantitative estimate of drug-likeness (QED) is 0.385. The summed E-state index contributed by atoms with van der Waals surface area (Å²) in [6.45, 7) is 3.92. The molecule has 0 aliphatic rings. The number of fused-ring (bicyclic) bond motifs is 1. The Balaban J connectivity index is 0.00000182. The molecule has 2 nitrogen and oxygen atoms in total. The van der Waals surface area contributed by atoms with Crippen LogP contribution in [0.3, 0.4) is 0 Å². The lowest BCUT2D eigenvalue weighted by atomic mass is 9.98. The van der Waals surface area contributed by atoms with E-state index in [4.69, 9.17) is 21.0 Å². The van der Waals surface area contributed by atoms with Gasteiger partial charge < -0.3 is 4.42 Å². The largest absolute Gasteiger partial charge is 0.466 e. The van der Waals surface area contributed by atoms with E-state index in [0.29, 0.717) is 5.02 Å². The predicted octanol–water partition coefficient (Wildman–Crippen LogP) is 6.85. The molecule has 0 aliphatic heterocycles. The van der Waals surface area contributed by atoms with Crippen molar-refractivity contribution in [2.24, 2.45) is 0 Å². The van der Waals surface area contributed by atoms with Crippen LogP contribution in [0.1, 0.15) is 11.5 Å². The molecule has 0 bridgehead atoms. The standard InChI is InChI=1S/C21H16ClNO.ClH/c1-13-10-17(14(2)24-13)21-12-18(15-6-4-3-5-7-15)19-11-16(22)8-9-20(19)23-21;/h3-12H,1-2H3;1H. The number of rotatable bonds is 2. The Kier molecular flexibility index (Phi) is 4.85. The maximum Gasteiger partial charge on any atom is 0.110 e. The Bertz CT molecular complexity index is 1040. The van der Waals surface area contributed by atoms with Gasteiger partial charge in [0.1, 0.15) is 11.5 Å². The van der Waals surface area contributed by atoms with Gasteiger partial charge >= 0.3 is 0 Å². The van der Waals surface area contributed by atoms with Gasteiger partial charge in [0.2, 0.25) is 0 Å². The summed E-state index contributed by atoms with van der Waals surface area (Å²) < 4.78 is 5.68. The third kappa shape index (κ3) is 3.28. The first-order valence-corrected chi connectivity index (χ1v) is 8.23. The number of benzene rings is 2. The summed E-state index contributed by atoms with van der Waals surface area (Å²) in [6, 6.07) is 20.3. The van der Waals surface area contributed by atoms with Crippen molar-refractivity contribution in [2.75, 3.05) is 0 Å². The Morgan fingerprint density at radius 1 is 0.880 bits per heavy atom. The average Bonchev–Trinajstić information content (AvgIpc) is 2.93. The highest BCUT2D eigenvalue weighted by Crippen LogP contribution is 2.35. The lowest BCUT2D eigenvalue weighted by molar-refractivity contribution is 0.505. The molecule has 0 atom stereocenters. The minimum Gasteiger partial charge on any atom is -0.466 e. The molecule has 4 rings (SSSR count). The van der Waals surface area contributed by atoms with Crippen LogP contribution in [0.2, 0.25) is 5.02 Å². The predicted molar refractivity (Wildman–Crippen MR) is 107 cm³/mol. The van der Waals surface area contributed by atoms with Gasteiger partial charge in [-0.05, 0) is 55.3 Å². The van der Waals surface area contributed by atoms with Crippen LogP contribution in [0.5, 0.6) is 0 Å². The Morgan fingerprint density at radius 3 is 2.32 bits per heavy atom. The minimum absolute atomic E-state index is 0. The van der Waals surface area contributed by atoms with E-state index in [9.17, 15) is 0 Å². The van der Waals surface area contributed by atoms with Crippen LogP contribution >= 0.6 is 24.0 Å². The van der Waals surface area contributed by atoms with Gasteiger partial charge in [-0.2, -0.15) is 0 Å². The molecule has 2 aromatic heterocycles. The van der Waals surface area contributed by atoms with E-state index in [1.165, 1.54) is 0 Å². The van der Waals surface area contributed by atoms with Crippen LogP contribution < -0.4 is 0 Å². The summed E-state index contributed by atoms with van der Waals surface area (Å²) in [7, 11) is 0. The van der Waals surface area contributed by atoms with Gasteiger partial charge in [-0.1, -0.05) is 41.9 Å². The molecule has 2 heterocycles. The van der Waals surface area contributed by atoms with Crippen LogP contribution in [-0.4, -0.2) is 4.98 Å². The molecule has 0 amide bonds. The number of aromatic nitrogens is 1. The van der Waals surface area contributed by atoms with Crippen molar-refractivity contribution in [1.82, 2.24) is 4.98 Å². The first kappa shape index (κ1) is 17.5. The van der Waals surface area contributed by atoms with Gasteiger partial charge in [0, 0.05) is 16.0 Å². The third-order valence-corrected chi connectivity index (χ3v) is 4.41. The van der Waals surface area contributed by atoms with E-state index in [1.54, 1.807) is 0 Å². The molecule has 0 radical (unpaired) electrons. The third-order valence-electron chi connectivity index (χ3n) is 4.17. The molecule has 2 aromatic carbocycles. The Labute approximate surface area is 157 Å². The molecule has 25 heavy (non-hydrogen) atoms. The normalized spacial score (nSPS) is 10.7. The number of halogens is 2. The molecule has 0 saturated carbocycles. The second-order valence-corrected chi connectivity index (χ2v) is 6.35. The summed E-state index contributed by atoms with van der Waals surface area (Å²) >= 11 is 6.22. The topological polar surface area (TPSA) is 26.0 Å².